The van der Waals surface area contributed by atoms with Gasteiger partial charge < -0.3 is 0 Å². The van der Waals surface area contributed by atoms with E-state index < -0.39 is 0 Å². The Bertz CT molecular complexity index is 2190. The standard InChI is InChI=1S/C49H42N2/c1-33-44(46-27-37-21-11-12-22-41(37)42-23-13-14-24-43(42)46)28-39(29-45(33)47-26-25-38(32-50-47)34-15-5-2-6-16-34)40-30-48(35-17-7-3-8-18-35)51-49(31-40)36-19-9-4-10-20-36/h2-11,14-21,24-33,41-42,44H,12-13,22-23H2,1H3. The van der Waals surface area contributed by atoms with Gasteiger partial charge in [-0.05, 0) is 107 Å². The Hall–Kier alpha value is -5.60. The van der Waals surface area contributed by atoms with E-state index in [9.17, 15) is 0 Å². The smallest absolute Gasteiger partial charge is 0.0715 e. The molecule has 0 amide bonds. The van der Waals surface area contributed by atoms with Crippen molar-refractivity contribution in [2.45, 2.75) is 32.6 Å². The van der Waals surface area contributed by atoms with Gasteiger partial charge in [0.05, 0.1) is 17.1 Å². The fraction of sp³-hybridized carbons (Fsp3) is 0.184. The minimum Gasteiger partial charge on any atom is -0.256 e. The van der Waals surface area contributed by atoms with Crippen molar-refractivity contribution in [3.8, 4) is 33.6 Å². The van der Waals surface area contributed by atoms with Crippen molar-refractivity contribution in [3.05, 3.63) is 192 Å². The lowest BCUT2D eigenvalue weighted by atomic mass is 9.63. The van der Waals surface area contributed by atoms with Gasteiger partial charge in [-0.15, -0.1) is 0 Å². The molecule has 4 aliphatic rings. The zero-order chi connectivity index (χ0) is 34.1. The van der Waals surface area contributed by atoms with E-state index in [1.54, 1.807) is 5.57 Å². The largest absolute Gasteiger partial charge is 0.256 e. The van der Waals surface area contributed by atoms with Crippen molar-refractivity contribution < 1.29 is 0 Å². The molecule has 3 aromatic carbocycles. The summed E-state index contributed by atoms with van der Waals surface area (Å²) in [6.07, 6.45) is 24.1. The highest BCUT2D eigenvalue weighted by Gasteiger charge is 2.37. The predicted octanol–water partition coefficient (Wildman–Crippen LogP) is 12.4. The first-order chi connectivity index (χ1) is 25.2. The van der Waals surface area contributed by atoms with Crippen molar-refractivity contribution in [2.24, 2.45) is 23.7 Å². The fourth-order valence-corrected chi connectivity index (χ4v) is 8.72. The fourth-order valence-electron chi connectivity index (χ4n) is 8.72. The van der Waals surface area contributed by atoms with Crippen LogP contribution in [0.15, 0.2) is 181 Å². The van der Waals surface area contributed by atoms with Crippen molar-refractivity contribution in [3.63, 3.8) is 0 Å². The topological polar surface area (TPSA) is 25.8 Å². The first kappa shape index (κ1) is 31.4. The number of rotatable bonds is 6. The van der Waals surface area contributed by atoms with Gasteiger partial charge in [0.1, 0.15) is 0 Å². The molecule has 2 heterocycles. The first-order valence-electron chi connectivity index (χ1n) is 18.6. The van der Waals surface area contributed by atoms with Crippen LogP contribution in [0.4, 0.5) is 0 Å². The summed E-state index contributed by atoms with van der Waals surface area (Å²) in [5.41, 5.74) is 15.8. The van der Waals surface area contributed by atoms with Crippen molar-refractivity contribution in [1.82, 2.24) is 9.97 Å². The van der Waals surface area contributed by atoms with Crippen LogP contribution >= 0.6 is 0 Å². The molecule has 248 valence electrons. The highest BCUT2D eigenvalue weighted by Crippen LogP contribution is 2.50. The molecule has 0 spiro atoms. The third-order valence-corrected chi connectivity index (χ3v) is 11.4. The first-order valence-corrected chi connectivity index (χ1v) is 18.6. The number of allylic oxidation sites excluding steroid dienone is 12. The maximum atomic E-state index is 5.21. The van der Waals surface area contributed by atoms with Gasteiger partial charge in [0.2, 0.25) is 0 Å². The van der Waals surface area contributed by atoms with Crippen LogP contribution in [0.1, 0.15) is 43.9 Å². The van der Waals surface area contributed by atoms with Crippen molar-refractivity contribution in [2.75, 3.05) is 0 Å². The van der Waals surface area contributed by atoms with Crippen LogP contribution in [0, 0.1) is 23.7 Å². The summed E-state index contributed by atoms with van der Waals surface area (Å²) in [5.74, 6) is 1.66. The lowest BCUT2D eigenvalue weighted by Crippen LogP contribution is -2.29. The number of pyridine rings is 2. The van der Waals surface area contributed by atoms with E-state index in [2.05, 4.69) is 165 Å². The molecular formula is C49H42N2. The van der Waals surface area contributed by atoms with Gasteiger partial charge in [0, 0.05) is 28.8 Å². The van der Waals surface area contributed by atoms with Gasteiger partial charge in [-0.3, -0.25) is 4.98 Å². The number of nitrogens with zero attached hydrogens (tertiary/aromatic N) is 2. The van der Waals surface area contributed by atoms with Gasteiger partial charge in [0.15, 0.2) is 0 Å². The molecule has 0 saturated carbocycles. The third-order valence-electron chi connectivity index (χ3n) is 11.4. The average molecular weight is 659 g/mol. The molecule has 2 aromatic heterocycles. The Morgan fingerprint density at radius 2 is 1.18 bits per heavy atom. The molecule has 0 fully saturated rings. The Morgan fingerprint density at radius 3 is 1.82 bits per heavy atom. The molecule has 5 aromatic rings. The Morgan fingerprint density at radius 1 is 0.549 bits per heavy atom. The zero-order valence-corrected chi connectivity index (χ0v) is 29.1. The summed E-state index contributed by atoms with van der Waals surface area (Å²) in [6.45, 7) is 2.41. The van der Waals surface area contributed by atoms with Crippen LogP contribution in [0.25, 0.3) is 44.8 Å². The predicted molar refractivity (Wildman–Crippen MR) is 212 cm³/mol. The summed E-state index contributed by atoms with van der Waals surface area (Å²) < 4.78 is 0. The van der Waals surface area contributed by atoms with Gasteiger partial charge >= 0.3 is 0 Å². The number of aromatic nitrogens is 2. The quantitative estimate of drug-likeness (QED) is 0.181. The molecule has 4 unspecified atom stereocenters. The normalized spacial score (nSPS) is 22.4. The van der Waals surface area contributed by atoms with E-state index in [1.807, 2.05) is 6.20 Å². The van der Waals surface area contributed by atoms with E-state index in [1.165, 1.54) is 59.1 Å². The average Bonchev–Trinajstić information content (AvgIpc) is 3.21. The lowest BCUT2D eigenvalue weighted by molar-refractivity contribution is 0.373. The maximum Gasteiger partial charge on any atom is 0.0715 e. The van der Waals surface area contributed by atoms with Crippen LogP contribution in [0.2, 0.25) is 0 Å². The zero-order valence-electron chi connectivity index (χ0n) is 29.1. The Labute approximate surface area is 302 Å². The minimum absolute atomic E-state index is 0.202. The lowest BCUT2D eigenvalue weighted by Gasteiger charge is -2.41. The molecule has 0 N–H and O–H groups in total. The van der Waals surface area contributed by atoms with Gasteiger partial charge in [-0.1, -0.05) is 140 Å². The van der Waals surface area contributed by atoms with Crippen LogP contribution in [0.5, 0.6) is 0 Å². The highest BCUT2D eigenvalue weighted by atomic mass is 14.7. The number of fused-ring (bicyclic) bond motifs is 3. The van der Waals surface area contributed by atoms with Crippen LogP contribution < -0.4 is 0 Å². The number of hydrogen-bond acceptors (Lipinski definition) is 2. The second-order valence-corrected chi connectivity index (χ2v) is 14.4. The Kier molecular flexibility index (Phi) is 8.37. The summed E-state index contributed by atoms with van der Waals surface area (Å²) in [7, 11) is 0. The molecule has 2 heteroatoms. The van der Waals surface area contributed by atoms with Crippen LogP contribution in [-0.4, -0.2) is 9.97 Å². The molecule has 2 nitrogen and oxygen atoms in total. The van der Waals surface area contributed by atoms with Gasteiger partial charge in [-0.25, -0.2) is 4.98 Å². The summed E-state index contributed by atoms with van der Waals surface area (Å²) in [6, 6.07) is 40.7. The summed E-state index contributed by atoms with van der Waals surface area (Å²) in [5, 5.41) is 0. The minimum atomic E-state index is 0.202. The monoisotopic (exact) mass is 658 g/mol. The second-order valence-electron chi connectivity index (χ2n) is 14.4. The molecule has 51 heavy (non-hydrogen) atoms. The third kappa shape index (κ3) is 6.10. The van der Waals surface area contributed by atoms with E-state index >= 15 is 0 Å². The maximum absolute atomic E-state index is 5.21. The molecule has 0 saturated heterocycles. The highest BCUT2D eigenvalue weighted by molar-refractivity contribution is 5.89. The van der Waals surface area contributed by atoms with Crippen LogP contribution in [0.3, 0.4) is 0 Å². The number of benzene rings is 3. The van der Waals surface area contributed by atoms with Gasteiger partial charge in [0.25, 0.3) is 0 Å². The Balaban J connectivity index is 1.23. The summed E-state index contributed by atoms with van der Waals surface area (Å²) in [4.78, 5) is 10.4. The second kappa shape index (κ2) is 13.6. The summed E-state index contributed by atoms with van der Waals surface area (Å²) >= 11 is 0. The molecule has 4 atom stereocenters. The van der Waals surface area contributed by atoms with Crippen molar-refractivity contribution >= 4 is 11.1 Å². The van der Waals surface area contributed by atoms with Gasteiger partial charge in [-0.2, -0.15) is 0 Å². The van der Waals surface area contributed by atoms with E-state index in [0.717, 1.165) is 33.8 Å². The SMILES string of the molecule is CC1C(c2ccc(-c3ccccc3)cn2)=CC(c2cc(-c3ccccc3)nc(-c3ccccc3)c2)=CC1C1=C2C=CCCC2C2CCC=CC2=C1. The van der Waals surface area contributed by atoms with Crippen LogP contribution in [-0.2, 0) is 0 Å². The van der Waals surface area contributed by atoms with E-state index in [0.29, 0.717) is 11.8 Å². The van der Waals surface area contributed by atoms with Crippen molar-refractivity contribution in [1.29, 1.82) is 0 Å². The molecular weight excluding hydrogens is 617 g/mol. The van der Waals surface area contributed by atoms with E-state index in [4.69, 9.17) is 9.97 Å². The number of hydrogen-bond donors (Lipinski definition) is 0. The van der Waals surface area contributed by atoms with E-state index in [-0.39, 0.29) is 11.8 Å². The molecule has 0 aliphatic heterocycles. The molecule has 0 radical (unpaired) electrons. The molecule has 4 aliphatic carbocycles. The molecule has 9 rings (SSSR count). The molecule has 0 bridgehead atoms.